The van der Waals surface area contributed by atoms with E-state index in [2.05, 4.69) is 5.32 Å². The molecule has 1 aliphatic heterocycles. The van der Waals surface area contributed by atoms with Gasteiger partial charge in [-0.3, -0.25) is 14.4 Å². The highest BCUT2D eigenvalue weighted by Gasteiger charge is 2.33. The van der Waals surface area contributed by atoms with E-state index < -0.39 is 6.10 Å². The summed E-state index contributed by atoms with van der Waals surface area (Å²) in [6.45, 7) is 4.98. The molecule has 1 heterocycles. The number of methoxy groups -OCH3 is 1. The quantitative estimate of drug-likeness (QED) is 0.746. The van der Waals surface area contributed by atoms with E-state index in [9.17, 15) is 14.4 Å². The molecule has 8 heteroatoms. The zero-order valence-corrected chi connectivity index (χ0v) is 18.8. The molecule has 32 heavy (non-hydrogen) atoms. The Morgan fingerprint density at radius 3 is 2.44 bits per heavy atom. The molecule has 0 aliphatic carbocycles. The number of amides is 3. The van der Waals surface area contributed by atoms with Gasteiger partial charge in [0, 0.05) is 44.4 Å². The molecule has 0 bridgehead atoms. The van der Waals surface area contributed by atoms with Crippen LogP contribution in [0.5, 0.6) is 11.5 Å². The normalized spacial score (nSPS) is 16.8. The molecular formula is C24H29N3O5. The van der Waals surface area contributed by atoms with Crippen molar-refractivity contribution >= 4 is 17.7 Å². The van der Waals surface area contributed by atoms with Crippen LogP contribution in [-0.4, -0.2) is 73.5 Å². The minimum absolute atomic E-state index is 0.0304. The summed E-state index contributed by atoms with van der Waals surface area (Å²) < 4.78 is 11.1. The van der Waals surface area contributed by atoms with Crippen LogP contribution in [0.15, 0.2) is 48.5 Å². The van der Waals surface area contributed by atoms with E-state index in [0.717, 1.165) is 0 Å². The first-order valence-electron chi connectivity index (χ1n) is 10.6. The molecule has 3 amide bonds. The first-order valence-corrected chi connectivity index (χ1v) is 10.6. The monoisotopic (exact) mass is 439 g/mol. The van der Waals surface area contributed by atoms with E-state index in [1.807, 2.05) is 25.1 Å². The van der Waals surface area contributed by atoms with Gasteiger partial charge in [0.25, 0.3) is 17.7 Å². The zero-order valence-electron chi connectivity index (χ0n) is 18.8. The first-order chi connectivity index (χ1) is 15.3. The van der Waals surface area contributed by atoms with Crippen molar-refractivity contribution in [1.29, 1.82) is 0 Å². The van der Waals surface area contributed by atoms with Crippen LogP contribution in [0.2, 0.25) is 0 Å². The largest absolute Gasteiger partial charge is 0.496 e. The average molecular weight is 440 g/mol. The van der Waals surface area contributed by atoms with Crippen molar-refractivity contribution in [2.45, 2.75) is 26.0 Å². The van der Waals surface area contributed by atoms with Crippen molar-refractivity contribution < 1.29 is 23.9 Å². The highest BCUT2D eigenvalue weighted by atomic mass is 16.5. The third-order valence-corrected chi connectivity index (χ3v) is 5.52. The van der Waals surface area contributed by atoms with Crippen LogP contribution in [0.3, 0.4) is 0 Å². The number of ether oxygens (including phenoxy) is 2. The molecule has 170 valence electrons. The van der Waals surface area contributed by atoms with Gasteiger partial charge in [0.1, 0.15) is 11.5 Å². The summed E-state index contributed by atoms with van der Waals surface area (Å²) in [5, 5.41) is 2.56. The van der Waals surface area contributed by atoms with Crippen molar-refractivity contribution in [2.24, 2.45) is 0 Å². The Kier molecular flexibility index (Phi) is 7.35. The van der Waals surface area contributed by atoms with Gasteiger partial charge in [0.05, 0.1) is 12.7 Å². The minimum atomic E-state index is -0.732. The predicted molar refractivity (Wildman–Crippen MR) is 120 cm³/mol. The summed E-state index contributed by atoms with van der Waals surface area (Å²) in [6.07, 6.45) is -0.732. The molecule has 0 saturated carbocycles. The molecule has 0 aromatic heterocycles. The van der Waals surface area contributed by atoms with Gasteiger partial charge in [0.15, 0.2) is 6.10 Å². The van der Waals surface area contributed by atoms with Crippen LogP contribution < -0.4 is 14.8 Å². The topological polar surface area (TPSA) is 88.2 Å². The van der Waals surface area contributed by atoms with E-state index in [-0.39, 0.29) is 23.8 Å². The third kappa shape index (κ3) is 5.01. The Labute approximate surface area is 188 Å². The molecule has 0 radical (unpaired) electrons. The Morgan fingerprint density at radius 2 is 1.81 bits per heavy atom. The lowest BCUT2D eigenvalue weighted by Crippen LogP contribution is -2.57. The standard InChI is InChI=1S/C24H29N3O5/c1-16-15-26(24(30)18-8-6-5-7-9-18)12-13-27(16)23(29)17(2)32-19-10-11-20(22(28)25-3)21(14-19)31-4/h5-11,14,16-17H,12-13,15H2,1-4H3,(H,25,28)/t16-,17?/m1/s1. The maximum atomic E-state index is 13.0. The highest BCUT2D eigenvalue weighted by molar-refractivity contribution is 5.97. The predicted octanol–water partition coefficient (Wildman–Crippen LogP) is 2.20. The molecule has 1 N–H and O–H groups in total. The van der Waals surface area contributed by atoms with Crippen molar-refractivity contribution in [3.63, 3.8) is 0 Å². The maximum Gasteiger partial charge on any atom is 0.263 e. The summed E-state index contributed by atoms with van der Waals surface area (Å²) in [4.78, 5) is 41.2. The highest BCUT2D eigenvalue weighted by Crippen LogP contribution is 2.26. The van der Waals surface area contributed by atoms with E-state index in [1.165, 1.54) is 7.11 Å². The van der Waals surface area contributed by atoms with Crippen molar-refractivity contribution in [1.82, 2.24) is 15.1 Å². The molecule has 1 saturated heterocycles. The molecule has 1 fully saturated rings. The fraction of sp³-hybridized carbons (Fsp3) is 0.375. The smallest absolute Gasteiger partial charge is 0.263 e. The Bertz CT molecular complexity index is 979. The van der Waals surface area contributed by atoms with E-state index >= 15 is 0 Å². The SMILES string of the molecule is CNC(=O)c1ccc(OC(C)C(=O)N2CCN(C(=O)c3ccccc3)C[C@H]2C)cc1OC. The van der Waals surface area contributed by atoms with Gasteiger partial charge in [-0.25, -0.2) is 0 Å². The van der Waals surface area contributed by atoms with E-state index in [1.54, 1.807) is 54.1 Å². The van der Waals surface area contributed by atoms with Crippen LogP contribution in [0.1, 0.15) is 34.6 Å². The fourth-order valence-electron chi connectivity index (χ4n) is 3.79. The first kappa shape index (κ1) is 23.1. The summed E-state index contributed by atoms with van der Waals surface area (Å²) in [5.41, 5.74) is 1.03. The van der Waals surface area contributed by atoms with Gasteiger partial charge < -0.3 is 24.6 Å². The molecule has 2 aromatic rings. The van der Waals surface area contributed by atoms with Gasteiger partial charge in [0.2, 0.25) is 0 Å². The number of benzene rings is 2. The van der Waals surface area contributed by atoms with Gasteiger partial charge >= 0.3 is 0 Å². The van der Waals surface area contributed by atoms with Crippen LogP contribution in [-0.2, 0) is 4.79 Å². The molecule has 2 aromatic carbocycles. The van der Waals surface area contributed by atoms with Gasteiger partial charge in [-0.1, -0.05) is 18.2 Å². The average Bonchev–Trinajstić information content (AvgIpc) is 2.82. The van der Waals surface area contributed by atoms with Crippen LogP contribution in [0.4, 0.5) is 0 Å². The number of rotatable bonds is 6. The number of nitrogens with zero attached hydrogens (tertiary/aromatic N) is 2. The molecule has 8 nitrogen and oxygen atoms in total. The van der Waals surface area contributed by atoms with Gasteiger partial charge in [-0.2, -0.15) is 0 Å². The second kappa shape index (κ2) is 10.2. The summed E-state index contributed by atoms with van der Waals surface area (Å²) in [6, 6.07) is 13.8. The van der Waals surface area contributed by atoms with Gasteiger partial charge in [-0.15, -0.1) is 0 Å². The molecule has 1 unspecified atom stereocenters. The van der Waals surface area contributed by atoms with Crippen LogP contribution in [0, 0.1) is 0 Å². The van der Waals surface area contributed by atoms with Crippen molar-refractivity contribution in [2.75, 3.05) is 33.8 Å². The zero-order chi connectivity index (χ0) is 23.3. The van der Waals surface area contributed by atoms with Crippen molar-refractivity contribution in [3.8, 4) is 11.5 Å². The molecular weight excluding hydrogens is 410 g/mol. The number of hydrogen-bond donors (Lipinski definition) is 1. The third-order valence-electron chi connectivity index (χ3n) is 5.52. The summed E-state index contributed by atoms with van der Waals surface area (Å²) in [5.74, 6) is 0.342. The van der Waals surface area contributed by atoms with E-state index in [4.69, 9.17) is 9.47 Å². The summed E-state index contributed by atoms with van der Waals surface area (Å²) >= 11 is 0. The number of nitrogens with one attached hydrogen (secondary N) is 1. The van der Waals surface area contributed by atoms with Crippen LogP contribution in [0.25, 0.3) is 0 Å². The maximum absolute atomic E-state index is 13.0. The lowest BCUT2D eigenvalue weighted by Gasteiger charge is -2.40. The number of carbonyl (C=O) groups excluding carboxylic acids is 3. The molecule has 1 aliphatic rings. The lowest BCUT2D eigenvalue weighted by molar-refractivity contribution is -0.142. The fourth-order valence-corrected chi connectivity index (χ4v) is 3.79. The van der Waals surface area contributed by atoms with Crippen molar-refractivity contribution in [3.05, 3.63) is 59.7 Å². The lowest BCUT2D eigenvalue weighted by atomic mass is 10.1. The number of hydrogen-bond acceptors (Lipinski definition) is 5. The van der Waals surface area contributed by atoms with Crippen LogP contribution >= 0.6 is 0 Å². The second-order valence-corrected chi connectivity index (χ2v) is 7.70. The Morgan fingerprint density at radius 1 is 1.09 bits per heavy atom. The molecule has 0 spiro atoms. The molecule has 2 atom stereocenters. The number of carbonyl (C=O) groups is 3. The number of piperazine rings is 1. The second-order valence-electron chi connectivity index (χ2n) is 7.70. The Hall–Kier alpha value is -3.55. The minimum Gasteiger partial charge on any atom is -0.496 e. The molecule has 3 rings (SSSR count). The Balaban J connectivity index is 1.63. The van der Waals surface area contributed by atoms with E-state index in [0.29, 0.717) is 42.3 Å². The van der Waals surface area contributed by atoms with Gasteiger partial charge in [-0.05, 0) is 38.1 Å². The summed E-state index contributed by atoms with van der Waals surface area (Å²) in [7, 11) is 3.01.